The van der Waals surface area contributed by atoms with E-state index in [-0.39, 0.29) is 5.56 Å². The minimum absolute atomic E-state index is 0.255. The van der Waals surface area contributed by atoms with Crippen LogP contribution in [0.2, 0.25) is 5.02 Å². The monoisotopic (exact) mass is 528 g/mol. The van der Waals surface area contributed by atoms with Gasteiger partial charge in [0, 0.05) is 58.8 Å². The SMILES string of the molecule is CN(C)CCc1ccc(Nc2ncc3cc(-c4ccc(-c5cccnc5F)cc4Cl)c(=O)n(C)c3n2)cc1. The second kappa shape index (κ2) is 10.7. The first kappa shape index (κ1) is 25.5. The molecule has 5 aromatic rings. The maximum atomic E-state index is 14.1. The number of rotatable bonds is 7. The average Bonchev–Trinajstić information content (AvgIpc) is 2.91. The molecule has 5 rings (SSSR count). The number of pyridine rings is 2. The van der Waals surface area contributed by atoms with E-state index in [9.17, 15) is 9.18 Å². The van der Waals surface area contributed by atoms with E-state index in [4.69, 9.17) is 11.6 Å². The van der Waals surface area contributed by atoms with Crippen molar-refractivity contribution in [1.29, 1.82) is 0 Å². The highest BCUT2D eigenvalue weighted by atomic mass is 35.5. The summed E-state index contributed by atoms with van der Waals surface area (Å²) < 4.78 is 15.6. The number of hydrogen-bond acceptors (Lipinski definition) is 6. The molecule has 9 heteroatoms. The standard InChI is InChI=1S/C29H26ClFN6O/c1-36(2)14-12-18-6-9-21(10-7-18)34-29-33-17-20-15-24(28(38)37(3)27(20)35-29)23-11-8-19(16-25(23)30)22-5-4-13-32-26(22)31/h4-11,13,15-17H,12,14H2,1-3H3,(H,33,34,35). The van der Waals surface area contributed by atoms with E-state index in [1.54, 1.807) is 49.6 Å². The molecule has 1 N–H and O–H groups in total. The van der Waals surface area contributed by atoms with Crippen molar-refractivity contribution in [2.24, 2.45) is 7.05 Å². The van der Waals surface area contributed by atoms with Crippen molar-refractivity contribution < 1.29 is 4.39 Å². The summed E-state index contributed by atoms with van der Waals surface area (Å²) in [5.41, 5.74) is 4.20. The predicted octanol–water partition coefficient (Wildman–Crippen LogP) is 5.70. The zero-order valence-corrected chi connectivity index (χ0v) is 22.0. The van der Waals surface area contributed by atoms with Crippen LogP contribution in [0.15, 0.2) is 77.9 Å². The van der Waals surface area contributed by atoms with E-state index < -0.39 is 5.95 Å². The molecule has 192 valence electrons. The lowest BCUT2D eigenvalue weighted by Crippen LogP contribution is -2.20. The fourth-order valence-corrected chi connectivity index (χ4v) is 4.52. The maximum Gasteiger partial charge on any atom is 0.259 e. The lowest BCUT2D eigenvalue weighted by Gasteiger charge is -2.12. The molecule has 2 aromatic carbocycles. The summed E-state index contributed by atoms with van der Waals surface area (Å²) in [6, 6.07) is 18.2. The first-order chi connectivity index (χ1) is 18.3. The quantitative estimate of drug-likeness (QED) is 0.273. The number of aryl methyl sites for hydroxylation is 1. The van der Waals surface area contributed by atoms with Crippen LogP contribution in [0.4, 0.5) is 16.0 Å². The van der Waals surface area contributed by atoms with Gasteiger partial charge in [0.15, 0.2) is 0 Å². The molecule has 7 nitrogen and oxygen atoms in total. The van der Waals surface area contributed by atoms with E-state index in [1.165, 1.54) is 16.3 Å². The molecule has 0 bridgehead atoms. The van der Waals surface area contributed by atoms with Gasteiger partial charge >= 0.3 is 0 Å². The van der Waals surface area contributed by atoms with Crippen LogP contribution in [0.3, 0.4) is 0 Å². The van der Waals surface area contributed by atoms with Crippen molar-refractivity contribution in [3.8, 4) is 22.3 Å². The van der Waals surface area contributed by atoms with Gasteiger partial charge in [0.2, 0.25) is 11.9 Å². The van der Waals surface area contributed by atoms with E-state index in [0.717, 1.165) is 18.7 Å². The van der Waals surface area contributed by atoms with E-state index in [1.807, 2.05) is 12.1 Å². The van der Waals surface area contributed by atoms with E-state index in [0.29, 0.717) is 44.3 Å². The third kappa shape index (κ3) is 5.27. The Hall–Kier alpha value is -4.14. The third-order valence-corrected chi connectivity index (χ3v) is 6.65. The molecular weight excluding hydrogens is 503 g/mol. The molecule has 0 amide bonds. The van der Waals surface area contributed by atoms with Crippen molar-refractivity contribution in [2.75, 3.05) is 26.0 Å². The summed E-state index contributed by atoms with van der Waals surface area (Å²) in [7, 11) is 5.77. The van der Waals surface area contributed by atoms with Crippen molar-refractivity contribution in [1.82, 2.24) is 24.4 Å². The summed E-state index contributed by atoms with van der Waals surface area (Å²) in [5, 5.41) is 4.23. The number of nitrogens with zero attached hydrogens (tertiary/aromatic N) is 5. The molecule has 0 fully saturated rings. The minimum atomic E-state index is -0.584. The highest BCUT2D eigenvalue weighted by Gasteiger charge is 2.15. The Kier molecular flexibility index (Phi) is 7.18. The predicted molar refractivity (Wildman–Crippen MR) is 150 cm³/mol. The minimum Gasteiger partial charge on any atom is -0.324 e. The van der Waals surface area contributed by atoms with Crippen LogP contribution in [0.1, 0.15) is 5.56 Å². The van der Waals surface area contributed by atoms with Crippen LogP contribution in [-0.2, 0) is 13.5 Å². The third-order valence-electron chi connectivity index (χ3n) is 6.34. The van der Waals surface area contributed by atoms with Crippen LogP contribution in [-0.4, -0.2) is 45.1 Å². The first-order valence-corrected chi connectivity index (χ1v) is 12.5. The molecule has 0 unspecified atom stereocenters. The number of fused-ring (bicyclic) bond motifs is 1. The summed E-state index contributed by atoms with van der Waals surface area (Å²) >= 11 is 6.57. The molecular formula is C29H26ClFN6O. The number of halogens is 2. The molecule has 3 aromatic heterocycles. The number of aromatic nitrogens is 4. The van der Waals surface area contributed by atoms with Crippen molar-refractivity contribution in [2.45, 2.75) is 6.42 Å². The molecule has 0 radical (unpaired) electrons. The highest BCUT2D eigenvalue weighted by molar-refractivity contribution is 6.33. The van der Waals surface area contributed by atoms with Crippen LogP contribution in [0, 0.1) is 5.95 Å². The summed E-state index contributed by atoms with van der Waals surface area (Å²) in [6.07, 6.45) is 4.03. The van der Waals surface area contributed by atoms with Crippen LogP contribution < -0.4 is 10.9 Å². The number of hydrogen-bond donors (Lipinski definition) is 1. The largest absolute Gasteiger partial charge is 0.324 e. The number of anilines is 2. The van der Waals surface area contributed by atoms with Crippen LogP contribution in [0.25, 0.3) is 33.3 Å². The molecule has 0 saturated heterocycles. The van der Waals surface area contributed by atoms with Crippen molar-refractivity contribution in [3.05, 3.63) is 99.9 Å². The molecule has 0 atom stereocenters. The number of likely N-dealkylation sites (N-methyl/N-ethyl adjacent to an activating group) is 1. The van der Waals surface area contributed by atoms with Gasteiger partial charge in [-0.2, -0.15) is 9.37 Å². The van der Waals surface area contributed by atoms with Gasteiger partial charge in [-0.05, 0) is 68.0 Å². The smallest absolute Gasteiger partial charge is 0.259 e. The molecule has 0 aliphatic heterocycles. The lowest BCUT2D eigenvalue weighted by atomic mass is 10.0. The fraction of sp³-hybridized carbons (Fsp3) is 0.172. The highest BCUT2D eigenvalue weighted by Crippen LogP contribution is 2.32. The maximum absolute atomic E-state index is 14.1. The average molecular weight is 529 g/mol. The van der Waals surface area contributed by atoms with Gasteiger partial charge in [0.1, 0.15) is 5.65 Å². The Labute approximate surface area is 224 Å². The van der Waals surface area contributed by atoms with Crippen LogP contribution >= 0.6 is 11.6 Å². The van der Waals surface area contributed by atoms with Crippen molar-refractivity contribution >= 4 is 34.3 Å². The van der Waals surface area contributed by atoms with Gasteiger partial charge in [-0.25, -0.2) is 9.97 Å². The Morgan fingerprint density at radius 1 is 1.00 bits per heavy atom. The summed E-state index contributed by atoms with van der Waals surface area (Å²) in [5.74, 6) is -0.193. The Morgan fingerprint density at radius 2 is 1.79 bits per heavy atom. The van der Waals surface area contributed by atoms with E-state index >= 15 is 0 Å². The lowest BCUT2D eigenvalue weighted by molar-refractivity contribution is 0.413. The Balaban J connectivity index is 1.44. The molecule has 0 spiro atoms. The van der Waals surface area contributed by atoms with E-state index in [2.05, 4.69) is 51.4 Å². The number of nitrogens with one attached hydrogen (secondary N) is 1. The zero-order chi connectivity index (χ0) is 26.8. The second-order valence-electron chi connectivity index (χ2n) is 9.31. The molecule has 3 heterocycles. The summed E-state index contributed by atoms with van der Waals surface area (Å²) in [4.78, 5) is 28.2. The molecule has 0 aliphatic carbocycles. The summed E-state index contributed by atoms with van der Waals surface area (Å²) in [6.45, 7) is 0.981. The van der Waals surface area contributed by atoms with Gasteiger partial charge in [-0.1, -0.05) is 35.9 Å². The first-order valence-electron chi connectivity index (χ1n) is 12.1. The molecule has 0 aliphatic rings. The van der Waals surface area contributed by atoms with Gasteiger partial charge in [-0.15, -0.1) is 0 Å². The molecule has 0 saturated carbocycles. The topological polar surface area (TPSA) is 75.9 Å². The van der Waals surface area contributed by atoms with Gasteiger partial charge in [0.25, 0.3) is 5.56 Å². The van der Waals surface area contributed by atoms with Crippen LogP contribution in [0.5, 0.6) is 0 Å². The van der Waals surface area contributed by atoms with Gasteiger partial charge in [-0.3, -0.25) is 9.36 Å². The zero-order valence-electron chi connectivity index (χ0n) is 21.2. The normalized spacial score (nSPS) is 11.3. The van der Waals surface area contributed by atoms with Crippen molar-refractivity contribution in [3.63, 3.8) is 0 Å². The second-order valence-corrected chi connectivity index (χ2v) is 9.71. The Morgan fingerprint density at radius 3 is 2.50 bits per heavy atom. The van der Waals surface area contributed by atoms with Gasteiger partial charge in [0.05, 0.1) is 0 Å². The molecule has 38 heavy (non-hydrogen) atoms. The number of benzene rings is 2. The Bertz CT molecular complexity index is 1680. The van der Waals surface area contributed by atoms with Gasteiger partial charge < -0.3 is 10.2 Å². The fourth-order valence-electron chi connectivity index (χ4n) is 4.24.